The first-order valence-electron chi connectivity index (χ1n) is 3.33. The minimum atomic E-state index is -3.80. The Kier molecular flexibility index (Phi) is 5.20. The van der Waals surface area contributed by atoms with Crippen LogP contribution < -0.4 is 0 Å². The van der Waals surface area contributed by atoms with Crippen molar-refractivity contribution in [1.29, 1.82) is 0 Å². The molecule has 0 heterocycles. The van der Waals surface area contributed by atoms with E-state index in [1.807, 2.05) is 0 Å². The van der Waals surface area contributed by atoms with Crippen molar-refractivity contribution in [3.8, 4) is 0 Å². The van der Waals surface area contributed by atoms with E-state index in [4.69, 9.17) is 14.5 Å². The maximum atomic E-state index is 10.3. The molecule has 0 aromatic rings. The monoisotopic (exact) mass is 180 g/mol. The van der Waals surface area contributed by atoms with Crippen LogP contribution in [-0.2, 0) is 9.30 Å². The summed E-state index contributed by atoms with van der Waals surface area (Å²) >= 11 is 0. The molecule has 0 aromatic carbocycles. The van der Waals surface area contributed by atoms with Crippen molar-refractivity contribution in [3.05, 3.63) is 12.8 Å². The van der Waals surface area contributed by atoms with Crippen LogP contribution >= 0.6 is 7.60 Å². The van der Waals surface area contributed by atoms with E-state index in [1.165, 1.54) is 6.26 Å². The van der Waals surface area contributed by atoms with Gasteiger partial charge in [0.25, 0.3) is 0 Å². The molecule has 66 valence electrons. The van der Waals surface area contributed by atoms with Crippen molar-refractivity contribution in [3.63, 3.8) is 0 Å². The summed E-state index contributed by atoms with van der Waals surface area (Å²) in [7, 11) is -3.80. The Bertz CT molecular complexity index is 151. The summed E-state index contributed by atoms with van der Waals surface area (Å²) in [5.41, 5.74) is 0. The van der Waals surface area contributed by atoms with Gasteiger partial charge in [-0.2, -0.15) is 0 Å². The third-order valence-electron chi connectivity index (χ3n) is 1.08. The van der Waals surface area contributed by atoms with Crippen molar-refractivity contribution in [2.24, 2.45) is 0 Å². The van der Waals surface area contributed by atoms with Gasteiger partial charge >= 0.3 is 7.60 Å². The second-order valence-corrected chi connectivity index (χ2v) is 3.91. The molecule has 0 aliphatic carbocycles. The largest absolute Gasteiger partial charge is 0.502 e. The molecule has 4 nitrogen and oxygen atoms in total. The summed E-state index contributed by atoms with van der Waals surface area (Å²) in [5, 5.41) is 0. The van der Waals surface area contributed by atoms with Crippen LogP contribution in [0.15, 0.2) is 12.8 Å². The summed E-state index contributed by atoms with van der Waals surface area (Å²) in [6.45, 7) is 3.81. The number of hydrogen-bond acceptors (Lipinski definition) is 2. The van der Waals surface area contributed by atoms with E-state index < -0.39 is 7.60 Å². The zero-order valence-electron chi connectivity index (χ0n) is 6.27. The molecule has 5 heteroatoms. The van der Waals surface area contributed by atoms with Gasteiger partial charge in [0, 0.05) is 6.16 Å². The fourth-order valence-corrected chi connectivity index (χ4v) is 1.22. The highest BCUT2D eigenvalue weighted by Crippen LogP contribution is 2.35. The van der Waals surface area contributed by atoms with Crippen LogP contribution in [0.5, 0.6) is 0 Å². The van der Waals surface area contributed by atoms with Crippen molar-refractivity contribution >= 4 is 7.60 Å². The first-order valence-corrected chi connectivity index (χ1v) is 5.13. The smallest absolute Gasteiger partial charge is 0.325 e. The number of ether oxygens (including phenoxy) is 1. The molecule has 0 saturated carbocycles. The Hall–Kier alpha value is -0.310. The minimum Gasteiger partial charge on any atom is -0.502 e. The summed E-state index contributed by atoms with van der Waals surface area (Å²) in [4.78, 5) is 16.8. The van der Waals surface area contributed by atoms with E-state index in [1.54, 1.807) is 0 Å². The number of rotatable bonds is 6. The normalized spacial score (nSPS) is 11.1. The fraction of sp³-hybridized carbons (Fsp3) is 0.667. The lowest BCUT2D eigenvalue weighted by Crippen LogP contribution is -1.92. The van der Waals surface area contributed by atoms with E-state index in [9.17, 15) is 4.57 Å². The van der Waals surface area contributed by atoms with Crippen LogP contribution in [0.4, 0.5) is 0 Å². The molecule has 0 rings (SSSR count). The lowest BCUT2D eigenvalue weighted by molar-refractivity contribution is 0.244. The van der Waals surface area contributed by atoms with E-state index in [2.05, 4.69) is 6.58 Å². The molecule has 0 saturated heterocycles. The van der Waals surface area contributed by atoms with E-state index in [0.717, 1.165) is 0 Å². The molecule has 11 heavy (non-hydrogen) atoms. The van der Waals surface area contributed by atoms with Crippen LogP contribution in [0, 0.1) is 0 Å². The highest BCUT2D eigenvalue weighted by Gasteiger charge is 2.10. The van der Waals surface area contributed by atoms with Gasteiger partial charge in [0.2, 0.25) is 0 Å². The van der Waals surface area contributed by atoms with Gasteiger partial charge in [-0.05, 0) is 12.8 Å². The van der Waals surface area contributed by atoms with Gasteiger partial charge in [0.1, 0.15) is 0 Å². The highest BCUT2D eigenvalue weighted by molar-refractivity contribution is 7.51. The Morgan fingerprint density at radius 3 is 2.55 bits per heavy atom. The van der Waals surface area contributed by atoms with Crippen LogP contribution in [0.2, 0.25) is 0 Å². The molecule has 0 aromatic heterocycles. The van der Waals surface area contributed by atoms with Crippen molar-refractivity contribution in [2.45, 2.75) is 12.8 Å². The molecule has 0 aliphatic rings. The van der Waals surface area contributed by atoms with E-state index in [0.29, 0.717) is 19.4 Å². The maximum Gasteiger partial charge on any atom is 0.325 e. The molecule has 0 radical (unpaired) electrons. The highest BCUT2D eigenvalue weighted by atomic mass is 31.2. The van der Waals surface area contributed by atoms with Gasteiger partial charge < -0.3 is 14.5 Å². The first-order chi connectivity index (χ1) is 5.06. The lowest BCUT2D eigenvalue weighted by atomic mass is 10.4. The van der Waals surface area contributed by atoms with Gasteiger partial charge in [0.05, 0.1) is 12.9 Å². The molecule has 0 unspecified atom stereocenters. The summed E-state index contributed by atoms with van der Waals surface area (Å²) in [6, 6.07) is 0. The minimum absolute atomic E-state index is 0.0620. The zero-order valence-corrected chi connectivity index (χ0v) is 7.17. The van der Waals surface area contributed by atoms with E-state index in [-0.39, 0.29) is 6.16 Å². The van der Waals surface area contributed by atoms with Crippen molar-refractivity contribution in [1.82, 2.24) is 0 Å². The number of unbranched alkanes of at least 4 members (excludes halogenated alkanes) is 1. The predicted octanol–water partition coefficient (Wildman–Crippen LogP) is 1.10. The quantitative estimate of drug-likeness (QED) is 0.365. The summed E-state index contributed by atoms with van der Waals surface area (Å²) in [6.07, 6.45) is 2.39. The van der Waals surface area contributed by atoms with Crippen LogP contribution in [0.3, 0.4) is 0 Å². The molecule has 0 spiro atoms. The molecule has 2 N–H and O–H groups in total. The third-order valence-corrected chi connectivity index (χ3v) is 1.98. The molecular formula is C6H13O4P. The number of hydrogen-bond donors (Lipinski definition) is 2. The Morgan fingerprint density at radius 1 is 1.45 bits per heavy atom. The topological polar surface area (TPSA) is 66.8 Å². The maximum absolute atomic E-state index is 10.3. The van der Waals surface area contributed by atoms with Crippen LogP contribution in [0.1, 0.15) is 12.8 Å². The third kappa shape index (κ3) is 9.69. The first kappa shape index (κ1) is 10.7. The SMILES string of the molecule is C=COCCCCP(=O)(O)O. The Labute approximate surface area is 66.0 Å². The van der Waals surface area contributed by atoms with Gasteiger partial charge in [-0.1, -0.05) is 6.58 Å². The molecule has 0 fully saturated rings. The molecule has 0 amide bonds. The van der Waals surface area contributed by atoms with Gasteiger partial charge in [0.15, 0.2) is 0 Å². The Morgan fingerprint density at radius 2 is 2.09 bits per heavy atom. The lowest BCUT2D eigenvalue weighted by Gasteiger charge is -2.02. The van der Waals surface area contributed by atoms with Crippen molar-refractivity contribution in [2.75, 3.05) is 12.8 Å². The van der Waals surface area contributed by atoms with Gasteiger partial charge in [-0.15, -0.1) is 0 Å². The molecule has 0 aliphatic heterocycles. The van der Waals surface area contributed by atoms with Crippen LogP contribution in [0.25, 0.3) is 0 Å². The van der Waals surface area contributed by atoms with E-state index >= 15 is 0 Å². The predicted molar refractivity (Wildman–Crippen MR) is 42.3 cm³/mol. The van der Waals surface area contributed by atoms with Gasteiger partial charge in [-0.25, -0.2) is 0 Å². The molecule has 0 atom stereocenters. The van der Waals surface area contributed by atoms with Crippen molar-refractivity contribution < 1.29 is 19.1 Å². The van der Waals surface area contributed by atoms with Gasteiger partial charge in [-0.3, -0.25) is 4.57 Å². The standard InChI is InChI=1S/C6H13O4P/c1-2-10-5-3-4-6-11(7,8)9/h2H,1,3-6H2,(H2,7,8,9). The average Bonchev–Trinajstić information content (AvgIpc) is 1.85. The molecule has 0 bridgehead atoms. The van der Waals surface area contributed by atoms with Crippen LogP contribution in [-0.4, -0.2) is 22.6 Å². The fourth-order valence-electron chi connectivity index (χ4n) is 0.587. The Balaban J connectivity index is 3.15. The zero-order chi connectivity index (χ0) is 8.74. The second kappa shape index (κ2) is 5.35. The summed E-state index contributed by atoms with van der Waals surface area (Å²) < 4.78 is 15.1. The molecular weight excluding hydrogens is 167 g/mol. The average molecular weight is 180 g/mol. The second-order valence-electron chi connectivity index (χ2n) is 2.13. The summed E-state index contributed by atoms with van der Waals surface area (Å²) in [5.74, 6) is 0.